The number of nitrogen functional groups attached to an aromatic ring is 1. The summed E-state index contributed by atoms with van der Waals surface area (Å²) in [6, 6.07) is 3.54. The fourth-order valence-electron chi connectivity index (χ4n) is 1.38. The number of halogens is 1. The molecule has 0 bridgehead atoms. The number of hydrogen-bond donors (Lipinski definition) is 3. The van der Waals surface area contributed by atoms with Crippen LogP contribution in [0, 0.1) is 5.82 Å². The molecule has 2 aromatic heterocycles. The lowest BCUT2D eigenvalue weighted by Gasteiger charge is -2.08. The number of pyridine rings is 1. The molecule has 0 amide bonds. The number of hydrazine groups is 1. The van der Waals surface area contributed by atoms with Gasteiger partial charge in [0.2, 0.25) is 11.8 Å². The van der Waals surface area contributed by atoms with Gasteiger partial charge in [0.25, 0.3) is 0 Å². The summed E-state index contributed by atoms with van der Waals surface area (Å²) in [5, 5.41) is 2.84. The van der Waals surface area contributed by atoms with Crippen molar-refractivity contribution in [3.63, 3.8) is 0 Å². The Balaban J connectivity index is 2.05. The van der Waals surface area contributed by atoms with Crippen LogP contribution in [0.1, 0.15) is 5.56 Å². The first kappa shape index (κ1) is 13.0. The fourth-order valence-corrected chi connectivity index (χ4v) is 1.38. The number of nitrogens with one attached hydrogen (secondary N) is 2. The van der Waals surface area contributed by atoms with Crippen molar-refractivity contribution >= 4 is 11.8 Å². The molecule has 0 saturated heterocycles. The topological polar surface area (TPSA) is 98.0 Å². The third kappa shape index (κ3) is 3.26. The highest BCUT2D eigenvalue weighted by Gasteiger charge is 2.06. The van der Waals surface area contributed by atoms with Gasteiger partial charge in [-0.3, -0.25) is 5.43 Å². The van der Waals surface area contributed by atoms with Gasteiger partial charge in [0, 0.05) is 18.8 Å². The molecule has 8 heteroatoms. The zero-order chi connectivity index (χ0) is 13.7. The standard InChI is InChI=1S/C11H13FN6O/c1-19-9-3-2-7(4-14-9)5-15-10-8(12)6-16-11(17-10)18-13/h2-4,6H,5,13H2,1H3,(H2,15,16,17,18). The molecule has 4 N–H and O–H groups in total. The van der Waals surface area contributed by atoms with Crippen LogP contribution in [0.5, 0.6) is 5.88 Å². The maximum atomic E-state index is 13.4. The molecule has 0 spiro atoms. The lowest BCUT2D eigenvalue weighted by Crippen LogP contribution is -2.13. The highest BCUT2D eigenvalue weighted by molar-refractivity contribution is 5.41. The first-order chi connectivity index (χ1) is 9.22. The Morgan fingerprint density at radius 1 is 1.32 bits per heavy atom. The third-order valence-corrected chi connectivity index (χ3v) is 2.34. The number of aromatic nitrogens is 3. The molecule has 2 heterocycles. The zero-order valence-electron chi connectivity index (χ0n) is 10.2. The Morgan fingerprint density at radius 3 is 2.79 bits per heavy atom. The Morgan fingerprint density at radius 2 is 2.16 bits per heavy atom. The van der Waals surface area contributed by atoms with Crippen LogP contribution in [-0.2, 0) is 6.54 Å². The second-order valence-corrected chi connectivity index (χ2v) is 3.60. The van der Waals surface area contributed by atoms with E-state index in [4.69, 9.17) is 10.6 Å². The molecule has 0 unspecified atom stereocenters. The van der Waals surface area contributed by atoms with E-state index >= 15 is 0 Å². The maximum absolute atomic E-state index is 13.4. The Kier molecular flexibility index (Phi) is 4.04. The number of hydrogen-bond acceptors (Lipinski definition) is 7. The molecule has 0 atom stereocenters. The van der Waals surface area contributed by atoms with Crippen molar-refractivity contribution < 1.29 is 9.13 Å². The van der Waals surface area contributed by atoms with Gasteiger partial charge in [0.1, 0.15) is 0 Å². The van der Waals surface area contributed by atoms with Gasteiger partial charge in [-0.2, -0.15) is 4.98 Å². The number of nitrogens with two attached hydrogens (primary N) is 1. The van der Waals surface area contributed by atoms with E-state index in [1.165, 1.54) is 7.11 Å². The predicted octanol–water partition coefficient (Wildman–Crippen LogP) is 0.917. The van der Waals surface area contributed by atoms with Crippen LogP contribution in [-0.4, -0.2) is 22.1 Å². The van der Waals surface area contributed by atoms with Gasteiger partial charge < -0.3 is 10.1 Å². The lowest BCUT2D eigenvalue weighted by molar-refractivity contribution is 0.397. The highest BCUT2D eigenvalue weighted by atomic mass is 19.1. The Bertz CT molecular complexity index is 547. The molecule has 0 aliphatic heterocycles. The van der Waals surface area contributed by atoms with E-state index in [0.29, 0.717) is 12.4 Å². The summed E-state index contributed by atoms with van der Waals surface area (Å²) in [6.07, 6.45) is 2.67. The van der Waals surface area contributed by atoms with Crippen molar-refractivity contribution in [3.8, 4) is 5.88 Å². The average molecular weight is 264 g/mol. The summed E-state index contributed by atoms with van der Waals surface area (Å²) in [7, 11) is 1.54. The van der Waals surface area contributed by atoms with Crippen LogP contribution in [0.4, 0.5) is 16.2 Å². The third-order valence-electron chi connectivity index (χ3n) is 2.34. The Hall–Kier alpha value is -2.48. The van der Waals surface area contributed by atoms with Crippen molar-refractivity contribution in [1.29, 1.82) is 0 Å². The molecule has 100 valence electrons. The normalized spacial score (nSPS) is 10.1. The smallest absolute Gasteiger partial charge is 0.239 e. The Labute approximate surface area is 109 Å². The maximum Gasteiger partial charge on any atom is 0.239 e. The van der Waals surface area contributed by atoms with Gasteiger partial charge in [0.15, 0.2) is 11.6 Å². The number of rotatable bonds is 5. The molecule has 0 aromatic carbocycles. The molecule has 0 aliphatic carbocycles. The minimum Gasteiger partial charge on any atom is -0.481 e. The second-order valence-electron chi connectivity index (χ2n) is 3.60. The quantitative estimate of drug-likeness (QED) is 0.545. The van der Waals surface area contributed by atoms with Crippen LogP contribution in [0.3, 0.4) is 0 Å². The molecule has 0 fully saturated rings. The van der Waals surface area contributed by atoms with Crippen molar-refractivity contribution in [2.24, 2.45) is 5.84 Å². The van der Waals surface area contributed by atoms with E-state index in [9.17, 15) is 4.39 Å². The molecule has 19 heavy (non-hydrogen) atoms. The summed E-state index contributed by atoms with van der Waals surface area (Å²) in [5.74, 6) is 5.33. The average Bonchev–Trinajstić information content (AvgIpc) is 2.47. The zero-order valence-corrected chi connectivity index (χ0v) is 10.2. The van der Waals surface area contributed by atoms with Gasteiger partial charge in [-0.05, 0) is 5.56 Å². The van der Waals surface area contributed by atoms with Crippen molar-refractivity contribution in [2.75, 3.05) is 17.9 Å². The van der Waals surface area contributed by atoms with Crippen molar-refractivity contribution in [2.45, 2.75) is 6.54 Å². The van der Waals surface area contributed by atoms with Gasteiger partial charge in [-0.15, -0.1) is 0 Å². The molecular weight excluding hydrogens is 251 g/mol. The number of nitrogens with zero attached hydrogens (tertiary/aromatic N) is 3. The van der Waals surface area contributed by atoms with Crippen LogP contribution in [0.25, 0.3) is 0 Å². The number of methoxy groups -OCH3 is 1. The summed E-state index contributed by atoms with van der Waals surface area (Å²) in [4.78, 5) is 11.5. The molecule has 0 radical (unpaired) electrons. The van der Waals surface area contributed by atoms with E-state index in [1.54, 1.807) is 12.3 Å². The second kappa shape index (κ2) is 5.91. The summed E-state index contributed by atoms with van der Waals surface area (Å²) in [5.41, 5.74) is 3.11. The summed E-state index contributed by atoms with van der Waals surface area (Å²) in [6.45, 7) is 0.370. The molecule has 0 aliphatic rings. The number of ether oxygens (including phenoxy) is 1. The minimum absolute atomic E-state index is 0.0683. The SMILES string of the molecule is COc1ccc(CNc2nc(NN)ncc2F)cn1. The van der Waals surface area contributed by atoms with E-state index in [-0.39, 0.29) is 11.8 Å². The first-order valence-corrected chi connectivity index (χ1v) is 5.45. The molecule has 0 saturated carbocycles. The van der Waals surface area contributed by atoms with E-state index in [1.807, 2.05) is 6.07 Å². The molecule has 7 nitrogen and oxygen atoms in total. The largest absolute Gasteiger partial charge is 0.481 e. The van der Waals surface area contributed by atoms with Gasteiger partial charge in [-0.1, -0.05) is 6.07 Å². The van der Waals surface area contributed by atoms with E-state index in [0.717, 1.165) is 11.8 Å². The number of anilines is 2. The van der Waals surface area contributed by atoms with Crippen molar-refractivity contribution in [1.82, 2.24) is 15.0 Å². The van der Waals surface area contributed by atoms with Crippen LogP contribution in [0.15, 0.2) is 24.5 Å². The summed E-state index contributed by atoms with van der Waals surface area (Å²) >= 11 is 0. The van der Waals surface area contributed by atoms with Crippen LogP contribution in [0.2, 0.25) is 0 Å². The van der Waals surface area contributed by atoms with Crippen LogP contribution >= 0.6 is 0 Å². The summed E-state index contributed by atoms with van der Waals surface area (Å²) < 4.78 is 18.4. The molecule has 2 rings (SSSR count). The first-order valence-electron chi connectivity index (χ1n) is 5.45. The molecular formula is C11H13FN6O. The van der Waals surface area contributed by atoms with Gasteiger partial charge in [0.05, 0.1) is 13.3 Å². The van der Waals surface area contributed by atoms with E-state index < -0.39 is 5.82 Å². The van der Waals surface area contributed by atoms with Gasteiger partial charge >= 0.3 is 0 Å². The minimum atomic E-state index is -0.555. The van der Waals surface area contributed by atoms with E-state index in [2.05, 4.69) is 25.7 Å². The predicted molar refractivity (Wildman–Crippen MR) is 67.9 cm³/mol. The molecule has 2 aromatic rings. The highest BCUT2D eigenvalue weighted by Crippen LogP contribution is 2.13. The van der Waals surface area contributed by atoms with Gasteiger partial charge in [-0.25, -0.2) is 20.2 Å². The van der Waals surface area contributed by atoms with Crippen molar-refractivity contribution in [3.05, 3.63) is 35.9 Å². The van der Waals surface area contributed by atoms with Crippen LogP contribution < -0.4 is 21.3 Å². The monoisotopic (exact) mass is 264 g/mol. The fraction of sp³-hybridized carbons (Fsp3) is 0.182. The lowest BCUT2D eigenvalue weighted by atomic mass is 10.3.